The van der Waals surface area contributed by atoms with Gasteiger partial charge in [0.1, 0.15) is 0 Å². The van der Waals surface area contributed by atoms with Crippen molar-refractivity contribution in [2.75, 3.05) is 33.7 Å². The molecule has 1 fully saturated rings. The molecular weight excluding hydrogens is 124 g/mol. The van der Waals surface area contributed by atoms with E-state index in [1.54, 1.807) is 0 Å². The summed E-state index contributed by atoms with van der Waals surface area (Å²) in [6, 6.07) is 0.838. The number of rotatable bonds is 3. The van der Waals surface area contributed by atoms with Gasteiger partial charge in [0.25, 0.3) is 0 Å². The molecule has 2 heteroatoms. The maximum absolute atomic E-state index is 2.42. The SMILES string of the molecule is CCN(C)CC1CCN1C. The van der Waals surface area contributed by atoms with E-state index in [0.29, 0.717) is 0 Å². The maximum Gasteiger partial charge on any atom is 0.0232 e. The van der Waals surface area contributed by atoms with Crippen LogP contribution >= 0.6 is 0 Å². The summed E-state index contributed by atoms with van der Waals surface area (Å²) in [6.45, 7) is 5.91. The molecule has 1 aliphatic heterocycles. The van der Waals surface area contributed by atoms with Crippen LogP contribution in [0.3, 0.4) is 0 Å². The second kappa shape index (κ2) is 3.35. The van der Waals surface area contributed by atoms with Gasteiger partial charge >= 0.3 is 0 Å². The Hall–Kier alpha value is -0.0800. The van der Waals surface area contributed by atoms with E-state index in [4.69, 9.17) is 0 Å². The predicted molar refractivity (Wildman–Crippen MR) is 44.2 cm³/mol. The quantitative estimate of drug-likeness (QED) is 0.570. The summed E-state index contributed by atoms with van der Waals surface area (Å²) in [5.74, 6) is 0. The zero-order valence-electron chi connectivity index (χ0n) is 7.30. The molecular formula is C8H18N2. The Morgan fingerprint density at radius 3 is 2.60 bits per heavy atom. The third-order valence-corrected chi connectivity index (χ3v) is 2.50. The van der Waals surface area contributed by atoms with Crippen LogP contribution in [0.4, 0.5) is 0 Å². The Morgan fingerprint density at radius 2 is 2.30 bits per heavy atom. The second-order valence-electron chi connectivity index (χ2n) is 3.28. The average Bonchev–Trinajstić information content (AvgIpc) is 1.96. The fraction of sp³-hybridized carbons (Fsp3) is 1.00. The highest BCUT2D eigenvalue weighted by Crippen LogP contribution is 2.14. The molecule has 0 aromatic rings. The Morgan fingerprint density at radius 1 is 1.60 bits per heavy atom. The van der Waals surface area contributed by atoms with Crippen LogP contribution in [-0.4, -0.2) is 49.6 Å². The lowest BCUT2D eigenvalue weighted by Gasteiger charge is -2.39. The van der Waals surface area contributed by atoms with E-state index in [1.807, 2.05) is 0 Å². The van der Waals surface area contributed by atoms with Gasteiger partial charge in [-0.25, -0.2) is 0 Å². The van der Waals surface area contributed by atoms with Crippen LogP contribution in [0.15, 0.2) is 0 Å². The summed E-state index contributed by atoms with van der Waals surface area (Å²) in [6.07, 6.45) is 1.39. The first-order chi connectivity index (χ1) is 4.74. The fourth-order valence-electron chi connectivity index (χ4n) is 1.29. The number of likely N-dealkylation sites (tertiary alicyclic amines) is 1. The van der Waals surface area contributed by atoms with Crippen molar-refractivity contribution in [2.24, 2.45) is 0 Å². The predicted octanol–water partition coefficient (Wildman–Crippen LogP) is 0.642. The zero-order chi connectivity index (χ0) is 7.56. The molecule has 1 heterocycles. The standard InChI is InChI=1S/C8H18N2/c1-4-9(2)7-8-5-6-10(8)3/h8H,4-7H2,1-3H3. The largest absolute Gasteiger partial charge is 0.305 e. The van der Waals surface area contributed by atoms with Crippen LogP contribution < -0.4 is 0 Å². The van der Waals surface area contributed by atoms with Crippen molar-refractivity contribution < 1.29 is 0 Å². The van der Waals surface area contributed by atoms with Crippen molar-refractivity contribution in [3.8, 4) is 0 Å². The molecule has 0 saturated carbocycles. The first-order valence-electron chi connectivity index (χ1n) is 4.12. The van der Waals surface area contributed by atoms with E-state index in [2.05, 4.69) is 30.8 Å². The number of likely N-dealkylation sites (N-methyl/N-ethyl adjacent to an activating group) is 2. The highest BCUT2D eigenvalue weighted by molar-refractivity contribution is 4.81. The molecule has 0 aliphatic carbocycles. The van der Waals surface area contributed by atoms with Gasteiger partial charge in [0, 0.05) is 12.6 Å². The summed E-state index contributed by atoms with van der Waals surface area (Å²) in [7, 11) is 4.39. The van der Waals surface area contributed by atoms with Gasteiger partial charge in [0.15, 0.2) is 0 Å². The zero-order valence-corrected chi connectivity index (χ0v) is 7.30. The molecule has 1 saturated heterocycles. The molecule has 0 bridgehead atoms. The molecule has 1 unspecified atom stereocenters. The Kier molecular flexibility index (Phi) is 2.69. The molecule has 0 spiro atoms. The first kappa shape index (κ1) is 8.02. The minimum atomic E-state index is 0.838. The molecule has 0 aromatic carbocycles. The summed E-state index contributed by atoms with van der Waals surface area (Å²) < 4.78 is 0. The fourth-order valence-corrected chi connectivity index (χ4v) is 1.29. The van der Waals surface area contributed by atoms with Crippen LogP contribution in [0.5, 0.6) is 0 Å². The topological polar surface area (TPSA) is 6.48 Å². The minimum Gasteiger partial charge on any atom is -0.305 e. The second-order valence-corrected chi connectivity index (χ2v) is 3.28. The monoisotopic (exact) mass is 142 g/mol. The van der Waals surface area contributed by atoms with Gasteiger partial charge in [-0.1, -0.05) is 6.92 Å². The average molecular weight is 142 g/mol. The lowest BCUT2D eigenvalue weighted by molar-refractivity contribution is 0.0932. The van der Waals surface area contributed by atoms with E-state index in [1.165, 1.54) is 26.1 Å². The van der Waals surface area contributed by atoms with E-state index < -0.39 is 0 Å². The van der Waals surface area contributed by atoms with Gasteiger partial charge in [0.2, 0.25) is 0 Å². The van der Waals surface area contributed by atoms with Crippen molar-refractivity contribution in [3.63, 3.8) is 0 Å². The summed E-state index contributed by atoms with van der Waals surface area (Å²) in [5.41, 5.74) is 0. The number of hydrogen-bond acceptors (Lipinski definition) is 2. The highest BCUT2D eigenvalue weighted by Gasteiger charge is 2.24. The van der Waals surface area contributed by atoms with Gasteiger partial charge in [-0.15, -0.1) is 0 Å². The number of hydrogen-bond donors (Lipinski definition) is 0. The van der Waals surface area contributed by atoms with Gasteiger partial charge in [0.05, 0.1) is 0 Å². The molecule has 1 atom stereocenters. The molecule has 1 rings (SSSR count). The van der Waals surface area contributed by atoms with Gasteiger partial charge < -0.3 is 9.80 Å². The van der Waals surface area contributed by atoms with Crippen molar-refractivity contribution in [1.82, 2.24) is 9.80 Å². The van der Waals surface area contributed by atoms with Crippen molar-refractivity contribution >= 4 is 0 Å². The third-order valence-electron chi connectivity index (χ3n) is 2.50. The van der Waals surface area contributed by atoms with Crippen molar-refractivity contribution in [1.29, 1.82) is 0 Å². The molecule has 60 valence electrons. The molecule has 0 amide bonds. The molecule has 0 aromatic heterocycles. The van der Waals surface area contributed by atoms with Crippen LogP contribution in [0.25, 0.3) is 0 Å². The Bertz CT molecular complexity index is 103. The van der Waals surface area contributed by atoms with Crippen LogP contribution in [0, 0.1) is 0 Å². The van der Waals surface area contributed by atoms with Crippen molar-refractivity contribution in [3.05, 3.63) is 0 Å². The Labute approximate surface area is 63.8 Å². The molecule has 2 nitrogen and oxygen atoms in total. The lowest BCUT2D eigenvalue weighted by atomic mass is 10.0. The van der Waals surface area contributed by atoms with Crippen LogP contribution in [-0.2, 0) is 0 Å². The lowest BCUT2D eigenvalue weighted by Crippen LogP contribution is -2.50. The van der Waals surface area contributed by atoms with Crippen molar-refractivity contribution in [2.45, 2.75) is 19.4 Å². The van der Waals surface area contributed by atoms with Gasteiger partial charge in [-0.05, 0) is 33.6 Å². The smallest absolute Gasteiger partial charge is 0.0232 e. The summed E-state index contributed by atoms with van der Waals surface area (Å²) in [5, 5.41) is 0. The Balaban J connectivity index is 2.12. The van der Waals surface area contributed by atoms with E-state index >= 15 is 0 Å². The van der Waals surface area contributed by atoms with E-state index in [9.17, 15) is 0 Å². The molecule has 10 heavy (non-hydrogen) atoms. The first-order valence-corrected chi connectivity index (χ1v) is 4.12. The highest BCUT2D eigenvalue weighted by atomic mass is 15.2. The van der Waals surface area contributed by atoms with Gasteiger partial charge in [-0.3, -0.25) is 0 Å². The van der Waals surface area contributed by atoms with E-state index in [0.717, 1.165) is 6.04 Å². The van der Waals surface area contributed by atoms with Crippen LogP contribution in [0.1, 0.15) is 13.3 Å². The molecule has 0 N–H and O–H groups in total. The van der Waals surface area contributed by atoms with E-state index in [-0.39, 0.29) is 0 Å². The summed E-state index contributed by atoms with van der Waals surface area (Å²) in [4.78, 5) is 4.80. The van der Waals surface area contributed by atoms with Crippen LogP contribution in [0.2, 0.25) is 0 Å². The maximum atomic E-state index is 2.42. The minimum absolute atomic E-state index is 0.838. The molecule has 0 radical (unpaired) electrons. The van der Waals surface area contributed by atoms with Gasteiger partial charge in [-0.2, -0.15) is 0 Å². The summed E-state index contributed by atoms with van der Waals surface area (Å²) >= 11 is 0. The third kappa shape index (κ3) is 1.70. The number of nitrogens with zero attached hydrogens (tertiary/aromatic N) is 2. The molecule has 1 aliphatic rings. The normalized spacial score (nSPS) is 27.0.